The summed E-state index contributed by atoms with van der Waals surface area (Å²) in [7, 11) is 2.09. The summed E-state index contributed by atoms with van der Waals surface area (Å²) >= 11 is 0. The van der Waals surface area contributed by atoms with Crippen LogP contribution in [0.15, 0.2) is 48.7 Å². The minimum absolute atomic E-state index is 0.690. The van der Waals surface area contributed by atoms with Crippen LogP contribution in [0.1, 0.15) is 12.1 Å². The summed E-state index contributed by atoms with van der Waals surface area (Å²) in [4.78, 5) is 6.56. The number of nitrogens with two attached hydrogens (primary N) is 1. The van der Waals surface area contributed by atoms with Crippen LogP contribution in [0.2, 0.25) is 0 Å². The molecule has 2 N–H and O–H groups in total. The van der Waals surface area contributed by atoms with Crippen LogP contribution in [0.4, 0.5) is 5.69 Å². The fourth-order valence-electron chi connectivity index (χ4n) is 1.98. The molecule has 1 aromatic heterocycles. The van der Waals surface area contributed by atoms with E-state index in [-0.39, 0.29) is 0 Å². The van der Waals surface area contributed by atoms with Crippen molar-refractivity contribution in [1.82, 2.24) is 9.88 Å². The van der Waals surface area contributed by atoms with E-state index in [9.17, 15) is 0 Å². The molecule has 2 rings (SSSR count). The van der Waals surface area contributed by atoms with Gasteiger partial charge in [0.05, 0.1) is 12.3 Å². The highest BCUT2D eigenvalue weighted by molar-refractivity contribution is 5.43. The molecule has 1 heterocycles. The Bertz CT molecular complexity index is 516. The summed E-state index contributed by atoms with van der Waals surface area (Å²) in [6.45, 7) is 2.52. The largest absolute Gasteiger partial charge is 0.493 e. The molecule has 0 aliphatic rings. The second-order valence-electron chi connectivity index (χ2n) is 4.83. The minimum atomic E-state index is 0.690. The Labute approximate surface area is 120 Å². The lowest BCUT2D eigenvalue weighted by atomic mass is 10.3. The molecular formula is C16H21N3O. The normalized spacial score (nSPS) is 10.7. The van der Waals surface area contributed by atoms with Gasteiger partial charge in [0.15, 0.2) is 0 Å². The maximum atomic E-state index is 5.70. The van der Waals surface area contributed by atoms with Gasteiger partial charge in [0.1, 0.15) is 5.75 Å². The van der Waals surface area contributed by atoms with Crippen LogP contribution in [-0.4, -0.2) is 30.1 Å². The SMILES string of the molecule is CN(CCCOc1cccc(N)c1)Cc1ccccn1. The Kier molecular flexibility index (Phi) is 5.38. The van der Waals surface area contributed by atoms with E-state index < -0.39 is 0 Å². The fraction of sp³-hybridized carbons (Fsp3) is 0.312. The zero-order valence-corrected chi connectivity index (χ0v) is 11.8. The van der Waals surface area contributed by atoms with Gasteiger partial charge in [-0.1, -0.05) is 12.1 Å². The molecule has 0 spiro atoms. The summed E-state index contributed by atoms with van der Waals surface area (Å²) < 4.78 is 5.67. The molecule has 0 saturated heterocycles. The molecule has 4 nitrogen and oxygen atoms in total. The highest BCUT2D eigenvalue weighted by atomic mass is 16.5. The van der Waals surface area contributed by atoms with Gasteiger partial charge >= 0.3 is 0 Å². The van der Waals surface area contributed by atoms with Crippen LogP contribution in [0.25, 0.3) is 0 Å². The van der Waals surface area contributed by atoms with Crippen molar-refractivity contribution in [3.63, 3.8) is 0 Å². The van der Waals surface area contributed by atoms with E-state index in [1.807, 2.05) is 48.7 Å². The molecule has 4 heteroatoms. The van der Waals surface area contributed by atoms with E-state index in [4.69, 9.17) is 10.5 Å². The Balaban J connectivity index is 1.66. The fourth-order valence-corrected chi connectivity index (χ4v) is 1.98. The first-order valence-electron chi connectivity index (χ1n) is 6.81. The first-order valence-corrected chi connectivity index (χ1v) is 6.81. The Hall–Kier alpha value is -2.07. The average Bonchev–Trinajstić information content (AvgIpc) is 2.45. The van der Waals surface area contributed by atoms with Crippen LogP contribution in [-0.2, 0) is 6.54 Å². The first kappa shape index (κ1) is 14.3. The van der Waals surface area contributed by atoms with Crippen molar-refractivity contribution in [2.24, 2.45) is 0 Å². The van der Waals surface area contributed by atoms with Crippen molar-refractivity contribution < 1.29 is 4.74 Å². The number of nitrogen functional groups attached to an aromatic ring is 1. The lowest BCUT2D eigenvalue weighted by Gasteiger charge is -2.16. The molecule has 1 aromatic carbocycles. The molecule has 0 fully saturated rings. The van der Waals surface area contributed by atoms with Gasteiger partial charge in [-0.25, -0.2) is 0 Å². The van der Waals surface area contributed by atoms with Crippen LogP contribution in [0, 0.1) is 0 Å². The van der Waals surface area contributed by atoms with Crippen LogP contribution >= 0.6 is 0 Å². The van der Waals surface area contributed by atoms with E-state index in [1.165, 1.54) is 0 Å². The molecule has 0 aliphatic carbocycles. The monoisotopic (exact) mass is 271 g/mol. The van der Waals surface area contributed by atoms with Gasteiger partial charge < -0.3 is 15.4 Å². The highest BCUT2D eigenvalue weighted by Gasteiger charge is 2.01. The second kappa shape index (κ2) is 7.50. The molecule has 0 unspecified atom stereocenters. The molecule has 20 heavy (non-hydrogen) atoms. The topological polar surface area (TPSA) is 51.4 Å². The number of nitrogens with zero attached hydrogens (tertiary/aromatic N) is 2. The van der Waals surface area contributed by atoms with Crippen molar-refractivity contribution >= 4 is 5.69 Å². The molecule has 106 valence electrons. The van der Waals surface area contributed by atoms with Crippen molar-refractivity contribution in [1.29, 1.82) is 0 Å². The van der Waals surface area contributed by atoms with Gasteiger partial charge in [-0.15, -0.1) is 0 Å². The third-order valence-corrected chi connectivity index (χ3v) is 2.97. The lowest BCUT2D eigenvalue weighted by molar-refractivity contribution is 0.257. The molecule has 0 bridgehead atoms. The second-order valence-corrected chi connectivity index (χ2v) is 4.83. The smallest absolute Gasteiger partial charge is 0.121 e. The van der Waals surface area contributed by atoms with E-state index in [0.29, 0.717) is 6.61 Å². The van der Waals surface area contributed by atoms with Gasteiger partial charge in [0.2, 0.25) is 0 Å². The van der Waals surface area contributed by atoms with Gasteiger partial charge in [0, 0.05) is 31.0 Å². The number of anilines is 1. The van der Waals surface area contributed by atoms with Crippen LogP contribution in [0.5, 0.6) is 5.75 Å². The summed E-state index contributed by atoms with van der Waals surface area (Å²) in [5.41, 5.74) is 7.52. The standard InChI is InChI=1S/C16H21N3O/c1-19(13-15-7-2-3-9-18-15)10-5-11-20-16-8-4-6-14(17)12-16/h2-4,6-9,12H,5,10-11,13,17H2,1H3. The predicted molar refractivity (Wildman–Crippen MR) is 81.5 cm³/mol. The number of hydrogen-bond donors (Lipinski definition) is 1. The molecular weight excluding hydrogens is 250 g/mol. The zero-order valence-electron chi connectivity index (χ0n) is 11.8. The van der Waals surface area contributed by atoms with Crippen molar-refractivity contribution in [2.45, 2.75) is 13.0 Å². The van der Waals surface area contributed by atoms with Gasteiger partial charge in [-0.2, -0.15) is 0 Å². The molecule has 0 atom stereocenters. The van der Waals surface area contributed by atoms with Crippen molar-refractivity contribution in [2.75, 3.05) is 25.9 Å². The molecule has 2 aromatic rings. The Morgan fingerprint density at radius 1 is 1.20 bits per heavy atom. The number of rotatable bonds is 7. The van der Waals surface area contributed by atoms with E-state index in [1.54, 1.807) is 0 Å². The van der Waals surface area contributed by atoms with Gasteiger partial charge in [-0.3, -0.25) is 4.98 Å². The molecule has 0 saturated carbocycles. The van der Waals surface area contributed by atoms with Crippen molar-refractivity contribution in [3.05, 3.63) is 54.4 Å². The third kappa shape index (κ3) is 4.90. The minimum Gasteiger partial charge on any atom is -0.493 e. The first-order chi connectivity index (χ1) is 9.74. The van der Waals surface area contributed by atoms with Crippen LogP contribution in [0.3, 0.4) is 0 Å². The Morgan fingerprint density at radius 2 is 2.10 bits per heavy atom. The van der Waals surface area contributed by atoms with E-state index in [2.05, 4.69) is 16.9 Å². The number of hydrogen-bond acceptors (Lipinski definition) is 4. The predicted octanol–water partition coefficient (Wildman–Crippen LogP) is 2.56. The quantitative estimate of drug-likeness (QED) is 0.621. The van der Waals surface area contributed by atoms with E-state index in [0.717, 1.165) is 36.6 Å². The molecule has 0 amide bonds. The number of benzene rings is 1. The lowest BCUT2D eigenvalue weighted by Crippen LogP contribution is -2.21. The Morgan fingerprint density at radius 3 is 2.85 bits per heavy atom. The molecule has 0 aliphatic heterocycles. The van der Waals surface area contributed by atoms with Crippen LogP contribution < -0.4 is 10.5 Å². The summed E-state index contributed by atoms with van der Waals surface area (Å²) in [6, 6.07) is 13.5. The maximum Gasteiger partial charge on any atom is 0.121 e. The highest BCUT2D eigenvalue weighted by Crippen LogP contribution is 2.14. The number of ether oxygens (including phenoxy) is 1. The zero-order chi connectivity index (χ0) is 14.2. The third-order valence-electron chi connectivity index (χ3n) is 2.97. The maximum absolute atomic E-state index is 5.70. The van der Waals surface area contributed by atoms with Gasteiger partial charge in [0.25, 0.3) is 0 Å². The molecule has 0 radical (unpaired) electrons. The summed E-state index contributed by atoms with van der Waals surface area (Å²) in [5.74, 6) is 0.831. The summed E-state index contributed by atoms with van der Waals surface area (Å²) in [6.07, 6.45) is 2.80. The number of pyridine rings is 1. The van der Waals surface area contributed by atoms with Gasteiger partial charge in [-0.05, 0) is 37.7 Å². The van der Waals surface area contributed by atoms with E-state index >= 15 is 0 Å². The van der Waals surface area contributed by atoms with Crippen molar-refractivity contribution in [3.8, 4) is 5.75 Å². The number of aromatic nitrogens is 1. The average molecular weight is 271 g/mol. The summed E-state index contributed by atoms with van der Waals surface area (Å²) in [5, 5.41) is 0.